The van der Waals surface area contributed by atoms with Crippen LogP contribution in [0, 0.1) is 5.82 Å². The first kappa shape index (κ1) is 18.0. The van der Waals surface area contributed by atoms with Crippen LogP contribution in [0.25, 0.3) is 0 Å². The SMILES string of the molecule is COCC(C)(C)NS(=O)(=O)c1cc(Br)cc(C(=O)O)c1F. The second-order valence-electron chi connectivity index (χ2n) is 4.99. The first-order chi connectivity index (χ1) is 9.50. The van der Waals surface area contributed by atoms with E-state index in [0.29, 0.717) is 0 Å². The van der Waals surface area contributed by atoms with Crippen LogP contribution < -0.4 is 4.72 Å². The lowest BCUT2D eigenvalue weighted by Gasteiger charge is -2.25. The van der Waals surface area contributed by atoms with Crippen molar-refractivity contribution in [1.29, 1.82) is 0 Å². The molecule has 0 spiro atoms. The third-order valence-electron chi connectivity index (χ3n) is 2.44. The van der Waals surface area contributed by atoms with Crippen molar-refractivity contribution in [3.63, 3.8) is 0 Å². The second kappa shape index (κ2) is 6.39. The highest BCUT2D eigenvalue weighted by molar-refractivity contribution is 9.10. The average molecular weight is 384 g/mol. The number of carboxylic acids is 1. The maximum atomic E-state index is 14.1. The van der Waals surface area contributed by atoms with Crippen molar-refractivity contribution in [2.45, 2.75) is 24.3 Å². The van der Waals surface area contributed by atoms with Crippen molar-refractivity contribution in [2.24, 2.45) is 0 Å². The highest BCUT2D eigenvalue weighted by Crippen LogP contribution is 2.25. The van der Waals surface area contributed by atoms with Gasteiger partial charge in [0.15, 0.2) is 5.82 Å². The van der Waals surface area contributed by atoms with E-state index < -0.39 is 37.8 Å². The van der Waals surface area contributed by atoms with Gasteiger partial charge in [-0.1, -0.05) is 15.9 Å². The Bertz CT molecular complexity index is 660. The molecule has 9 heteroatoms. The van der Waals surface area contributed by atoms with Crippen molar-refractivity contribution in [2.75, 3.05) is 13.7 Å². The molecule has 21 heavy (non-hydrogen) atoms. The summed E-state index contributed by atoms with van der Waals surface area (Å²) in [6, 6.07) is 2.00. The first-order valence-corrected chi connectivity index (χ1v) is 8.03. The van der Waals surface area contributed by atoms with Crippen molar-refractivity contribution in [1.82, 2.24) is 4.72 Å². The number of ether oxygens (including phenoxy) is 1. The molecular weight excluding hydrogens is 369 g/mol. The van der Waals surface area contributed by atoms with Gasteiger partial charge in [-0.05, 0) is 26.0 Å². The normalized spacial score (nSPS) is 12.4. The first-order valence-electron chi connectivity index (χ1n) is 5.75. The van der Waals surface area contributed by atoms with E-state index in [1.807, 2.05) is 0 Å². The molecule has 118 valence electrons. The van der Waals surface area contributed by atoms with Crippen molar-refractivity contribution in [3.05, 3.63) is 28.0 Å². The smallest absolute Gasteiger partial charge is 0.338 e. The summed E-state index contributed by atoms with van der Waals surface area (Å²) in [5, 5.41) is 8.90. The molecule has 0 bridgehead atoms. The maximum absolute atomic E-state index is 14.1. The van der Waals surface area contributed by atoms with Gasteiger partial charge in [0.2, 0.25) is 10.0 Å². The van der Waals surface area contributed by atoms with Gasteiger partial charge in [-0.25, -0.2) is 22.3 Å². The van der Waals surface area contributed by atoms with Crippen molar-refractivity contribution in [3.8, 4) is 0 Å². The molecular formula is C12H15BrFNO5S. The summed E-state index contributed by atoms with van der Waals surface area (Å²) in [6.07, 6.45) is 0. The van der Waals surface area contributed by atoms with E-state index in [1.165, 1.54) is 7.11 Å². The molecule has 0 amide bonds. The predicted molar refractivity (Wildman–Crippen MR) is 77.3 cm³/mol. The van der Waals surface area contributed by atoms with Crippen LogP contribution in [0.1, 0.15) is 24.2 Å². The van der Waals surface area contributed by atoms with Crippen LogP contribution in [0.4, 0.5) is 4.39 Å². The van der Waals surface area contributed by atoms with E-state index in [0.717, 1.165) is 12.1 Å². The lowest BCUT2D eigenvalue weighted by molar-refractivity contribution is 0.0691. The van der Waals surface area contributed by atoms with E-state index >= 15 is 0 Å². The Hall–Kier alpha value is -1.03. The van der Waals surface area contributed by atoms with Gasteiger partial charge in [-0.15, -0.1) is 0 Å². The number of aromatic carboxylic acids is 1. The average Bonchev–Trinajstić information content (AvgIpc) is 2.29. The molecule has 1 aromatic rings. The Morgan fingerprint density at radius 1 is 1.48 bits per heavy atom. The van der Waals surface area contributed by atoms with E-state index in [1.54, 1.807) is 13.8 Å². The number of nitrogens with one attached hydrogen (secondary N) is 1. The molecule has 0 saturated heterocycles. The molecule has 0 radical (unpaired) electrons. The molecule has 1 aromatic carbocycles. The zero-order valence-electron chi connectivity index (χ0n) is 11.6. The van der Waals surface area contributed by atoms with E-state index in [9.17, 15) is 17.6 Å². The van der Waals surface area contributed by atoms with Gasteiger partial charge in [0.1, 0.15) is 4.90 Å². The number of sulfonamides is 1. The second-order valence-corrected chi connectivity index (χ2v) is 7.56. The topological polar surface area (TPSA) is 92.7 Å². The zero-order valence-corrected chi connectivity index (χ0v) is 14.0. The van der Waals surface area contributed by atoms with E-state index in [2.05, 4.69) is 20.7 Å². The largest absolute Gasteiger partial charge is 0.478 e. The minimum Gasteiger partial charge on any atom is -0.478 e. The molecule has 0 aliphatic carbocycles. The summed E-state index contributed by atoms with van der Waals surface area (Å²) in [4.78, 5) is 10.2. The molecule has 1 rings (SSSR count). The molecule has 0 atom stereocenters. The molecule has 0 aliphatic heterocycles. The Kier molecular flexibility index (Phi) is 5.48. The molecule has 0 aliphatic rings. The summed E-state index contributed by atoms with van der Waals surface area (Å²) < 4.78 is 45.9. The standard InChI is InChI=1S/C12H15BrFNO5S/c1-12(2,6-20-3)15-21(18,19)9-5-7(13)4-8(10(9)14)11(16)17/h4-5,15H,6H2,1-3H3,(H,16,17). The number of carbonyl (C=O) groups is 1. The summed E-state index contributed by atoms with van der Waals surface area (Å²) in [7, 11) is -2.85. The number of methoxy groups -OCH3 is 1. The molecule has 0 unspecified atom stereocenters. The van der Waals surface area contributed by atoms with Gasteiger partial charge in [-0.3, -0.25) is 0 Å². The van der Waals surface area contributed by atoms with Gasteiger partial charge in [0.25, 0.3) is 0 Å². The van der Waals surface area contributed by atoms with Crippen LogP contribution in [-0.2, 0) is 14.8 Å². The fourth-order valence-electron chi connectivity index (χ4n) is 1.72. The molecule has 0 fully saturated rings. The summed E-state index contributed by atoms with van der Waals surface area (Å²) in [6.45, 7) is 3.18. The number of halogens is 2. The maximum Gasteiger partial charge on any atom is 0.338 e. The number of hydrogen-bond acceptors (Lipinski definition) is 4. The molecule has 0 saturated carbocycles. The Balaban J connectivity index is 3.36. The van der Waals surface area contributed by atoms with Crippen LogP contribution in [0.3, 0.4) is 0 Å². The van der Waals surface area contributed by atoms with Crippen LogP contribution in [0.2, 0.25) is 0 Å². The highest BCUT2D eigenvalue weighted by atomic mass is 79.9. The summed E-state index contributed by atoms with van der Waals surface area (Å²) in [5.74, 6) is -2.87. The fourth-order valence-corrected chi connectivity index (χ4v) is 3.86. The van der Waals surface area contributed by atoms with E-state index in [-0.39, 0.29) is 11.1 Å². The predicted octanol–water partition coefficient (Wildman–Crippen LogP) is 1.99. The zero-order chi connectivity index (χ0) is 16.4. The van der Waals surface area contributed by atoms with Crippen molar-refractivity contribution < 1.29 is 27.4 Å². The minimum atomic E-state index is -4.25. The van der Waals surface area contributed by atoms with Crippen molar-refractivity contribution >= 4 is 31.9 Å². The number of hydrogen-bond donors (Lipinski definition) is 2. The molecule has 0 heterocycles. The fraction of sp³-hybridized carbons (Fsp3) is 0.417. The Morgan fingerprint density at radius 2 is 2.05 bits per heavy atom. The van der Waals surface area contributed by atoms with Gasteiger partial charge in [-0.2, -0.15) is 0 Å². The number of rotatable bonds is 6. The Labute approximate surface area is 130 Å². The van der Waals surface area contributed by atoms with Crippen LogP contribution in [0.5, 0.6) is 0 Å². The number of carboxylic acid groups (broad SMARTS) is 1. The van der Waals surface area contributed by atoms with E-state index in [4.69, 9.17) is 9.84 Å². The molecule has 0 aromatic heterocycles. The minimum absolute atomic E-state index is 0.0631. The van der Waals surface area contributed by atoms with Crippen LogP contribution in [0.15, 0.2) is 21.5 Å². The third kappa shape index (κ3) is 4.47. The molecule has 2 N–H and O–H groups in total. The van der Waals surface area contributed by atoms with Gasteiger partial charge >= 0.3 is 5.97 Å². The number of benzene rings is 1. The van der Waals surface area contributed by atoms with Gasteiger partial charge < -0.3 is 9.84 Å². The lowest BCUT2D eigenvalue weighted by atomic mass is 10.1. The summed E-state index contributed by atoms with van der Waals surface area (Å²) in [5.41, 5.74) is -1.71. The Morgan fingerprint density at radius 3 is 2.52 bits per heavy atom. The third-order valence-corrected chi connectivity index (χ3v) is 4.60. The van der Waals surface area contributed by atoms with Crippen LogP contribution in [-0.4, -0.2) is 38.7 Å². The molecule has 6 nitrogen and oxygen atoms in total. The van der Waals surface area contributed by atoms with Gasteiger partial charge in [0, 0.05) is 11.6 Å². The monoisotopic (exact) mass is 383 g/mol. The van der Waals surface area contributed by atoms with Crippen LogP contribution >= 0.6 is 15.9 Å². The summed E-state index contributed by atoms with van der Waals surface area (Å²) >= 11 is 2.97. The lowest BCUT2D eigenvalue weighted by Crippen LogP contribution is -2.46. The quantitative estimate of drug-likeness (QED) is 0.783. The van der Waals surface area contributed by atoms with Gasteiger partial charge in [0.05, 0.1) is 17.7 Å². The highest BCUT2D eigenvalue weighted by Gasteiger charge is 2.30.